The molecule has 0 amide bonds. The predicted octanol–water partition coefficient (Wildman–Crippen LogP) is 1.72. The molecule has 0 bridgehead atoms. The smallest absolute Gasteiger partial charge is 0.112 e. The molecule has 1 aliphatic rings. The lowest BCUT2D eigenvalue weighted by molar-refractivity contribution is 0.176. The van der Waals surface area contributed by atoms with Gasteiger partial charge in [0.1, 0.15) is 5.82 Å². The Morgan fingerprint density at radius 3 is 3.21 bits per heavy atom. The van der Waals surface area contributed by atoms with Gasteiger partial charge in [0.2, 0.25) is 0 Å². The highest BCUT2D eigenvalue weighted by Gasteiger charge is 2.22. The van der Waals surface area contributed by atoms with Gasteiger partial charge in [0.05, 0.1) is 23.7 Å². The highest BCUT2D eigenvalue weighted by Crippen LogP contribution is 2.25. The number of aliphatic hydroxyl groups is 1. The van der Waals surface area contributed by atoms with Crippen LogP contribution in [0.5, 0.6) is 0 Å². The van der Waals surface area contributed by atoms with Gasteiger partial charge in [-0.15, -0.1) is 0 Å². The number of fused-ring (bicyclic) bond motifs is 3. The molecule has 0 fully saturated rings. The molecule has 2 heterocycles. The highest BCUT2D eigenvalue weighted by molar-refractivity contribution is 9.10. The van der Waals surface area contributed by atoms with Gasteiger partial charge >= 0.3 is 0 Å². The van der Waals surface area contributed by atoms with Crippen LogP contribution in [-0.4, -0.2) is 20.8 Å². The summed E-state index contributed by atoms with van der Waals surface area (Å²) >= 11 is 3.44. The fraction of sp³-hybridized carbons (Fsp3) is 0.300. The zero-order chi connectivity index (χ0) is 9.71. The second-order valence-corrected chi connectivity index (χ2v) is 4.55. The van der Waals surface area contributed by atoms with Crippen LogP contribution in [0, 0.1) is 0 Å². The van der Waals surface area contributed by atoms with Gasteiger partial charge in [-0.25, -0.2) is 4.98 Å². The maximum absolute atomic E-state index is 9.50. The number of benzene rings is 1. The van der Waals surface area contributed by atoms with E-state index in [2.05, 4.69) is 25.5 Å². The Balaban J connectivity index is 2.30. The van der Waals surface area contributed by atoms with Crippen molar-refractivity contribution < 1.29 is 5.11 Å². The molecule has 4 heteroatoms. The molecular weight excluding hydrogens is 244 g/mol. The number of hydrogen-bond acceptors (Lipinski definition) is 2. The van der Waals surface area contributed by atoms with Crippen LogP contribution in [0.2, 0.25) is 0 Å². The van der Waals surface area contributed by atoms with Crippen LogP contribution in [-0.2, 0) is 13.0 Å². The topological polar surface area (TPSA) is 38.1 Å². The van der Waals surface area contributed by atoms with Gasteiger partial charge in [-0.3, -0.25) is 0 Å². The molecule has 1 N–H and O–H groups in total. The normalized spacial score (nSPS) is 20.3. The summed E-state index contributed by atoms with van der Waals surface area (Å²) in [6, 6.07) is 6.03. The van der Waals surface area contributed by atoms with Crippen LogP contribution < -0.4 is 0 Å². The quantitative estimate of drug-likeness (QED) is 0.776. The van der Waals surface area contributed by atoms with E-state index in [-0.39, 0.29) is 6.10 Å². The Bertz CT molecular complexity index is 506. The molecule has 3 nitrogen and oxygen atoms in total. The van der Waals surface area contributed by atoms with Crippen molar-refractivity contribution in [2.24, 2.45) is 0 Å². The van der Waals surface area contributed by atoms with Gasteiger partial charge in [-0.1, -0.05) is 15.9 Å². The van der Waals surface area contributed by atoms with Gasteiger partial charge < -0.3 is 9.67 Å². The Morgan fingerprint density at radius 2 is 2.36 bits per heavy atom. The molecule has 0 aliphatic carbocycles. The van der Waals surface area contributed by atoms with Crippen molar-refractivity contribution in [1.82, 2.24) is 9.55 Å². The van der Waals surface area contributed by atoms with Crippen LogP contribution >= 0.6 is 15.9 Å². The molecule has 1 aromatic heterocycles. The first-order chi connectivity index (χ1) is 6.74. The SMILES string of the molecule is OC1Cc2nc3ccc(Br)cc3n2C1. The third kappa shape index (κ3) is 1.11. The Kier molecular flexibility index (Phi) is 1.69. The highest BCUT2D eigenvalue weighted by atomic mass is 79.9. The maximum atomic E-state index is 9.50. The minimum absolute atomic E-state index is 0.263. The number of halogens is 1. The molecule has 0 saturated carbocycles. The molecule has 0 radical (unpaired) electrons. The average molecular weight is 253 g/mol. The van der Waals surface area contributed by atoms with E-state index >= 15 is 0 Å². The molecule has 0 saturated heterocycles. The lowest BCUT2D eigenvalue weighted by atomic mass is 10.3. The fourth-order valence-corrected chi connectivity index (χ4v) is 2.34. The Labute approximate surface area is 89.5 Å². The number of aromatic nitrogens is 2. The summed E-state index contributed by atoms with van der Waals surface area (Å²) in [6.07, 6.45) is 0.410. The molecule has 72 valence electrons. The fourth-order valence-electron chi connectivity index (χ4n) is 1.99. The molecule has 1 unspecified atom stereocenters. The first kappa shape index (κ1) is 8.44. The molecule has 3 rings (SSSR count). The predicted molar refractivity (Wildman–Crippen MR) is 57.1 cm³/mol. The monoisotopic (exact) mass is 252 g/mol. The summed E-state index contributed by atoms with van der Waals surface area (Å²) in [5.41, 5.74) is 2.11. The van der Waals surface area contributed by atoms with Gasteiger partial charge in [-0.05, 0) is 18.2 Å². The van der Waals surface area contributed by atoms with Crippen LogP contribution in [0.25, 0.3) is 11.0 Å². The van der Waals surface area contributed by atoms with E-state index in [9.17, 15) is 5.11 Å². The van der Waals surface area contributed by atoms with Crippen molar-refractivity contribution in [3.8, 4) is 0 Å². The zero-order valence-electron chi connectivity index (χ0n) is 7.44. The second kappa shape index (κ2) is 2.81. The lowest BCUT2D eigenvalue weighted by Crippen LogP contribution is -2.07. The average Bonchev–Trinajstić information content (AvgIpc) is 2.62. The lowest BCUT2D eigenvalue weighted by Gasteiger charge is -2.00. The summed E-state index contributed by atoms with van der Waals surface area (Å²) in [4.78, 5) is 4.47. The molecule has 14 heavy (non-hydrogen) atoms. The van der Waals surface area contributed by atoms with Gasteiger partial charge in [-0.2, -0.15) is 0 Å². The summed E-state index contributed by atoms with van der Waals surface area (Å²) in [5, 5.41) is 9.50. The number of imidazole rings is 1. The number of aliphatic hydroxyl groups excluding tert-OH is 1. The second-order valence-electron chi connectivity index (χ2n) is 3.63. The van der Waals surface area contributed by atoms with Crippen molar-refractivity contribution >= 4 is 27.0 Å². The van der Waals surface area contributed by atoms with Crippen molar-refractivity contribution in [3.05, 3.63) is 28.5 Å². The Morgan fingerprint density at radius 1 is 1.50 bits per heavy atom. The molecule has 0 spiro atoms. The molecule has 2 aromatic rings. The number of nitrogens with zero attached hydrogens (tertiary/aromatic N) is 2. The molecular formula is C10H9BrN2O. The maximum Gasteiger partial charge on any atom is 0.112 e. The van der Waals surface area contributed by atoms with E-state index in [1.54, 1.807) is 0 Å². The van der Waals surface area contributed by atoms with E-state index < -0.39 is 0 Å². The first-order valence-electron chi connectivity index (χ1n) is 4.57. The van der Waals surface area contributed by atoms with Gasteiger partial charge in [0.15, 0.2) is 0 Å². The third-order valence-electron chi connectivity index (χ3n) is 2.60. The van der Waals surface area contributed by atoms with E-state index in [0.29, 0.717) is 13.0 Å². The van der Waals surface area contributed by atoms with Crippen LogP contribution in [0.1, 0.15) is 5.82 Å². The Hall–Kier alpha value is -0.870. The summed E-state index contributed by atoms with van der Waals surface area (Å²) < 4.78 is 3.14. The summed E-state index contributed by atoms with van der Waals surface area (Å²) in [7, 11) is 0. The van der Waals surface area contributed by atoms with E-state index in [4.69, 9.17) is 0 Å². The van der Waals surface area contributed by atoms with E-state index in [0.717, 1.165) is 21.3 Å². The van der Waals surface area contributed by atoms with Crippen molar-refractivity contribution in [3.63, 3.8) is 0 Å². The van der Waals surface area contributed by atoms with Crippen LogP contribution in [0.15, 0.2) is 22.7 Å². The summed E-state index contributed by atoms with van der Waals surface area (Å²) in [6.45, 7) is 0.669. The van der Waals surface area contributed by atoms with E-state index in [1.165, 1.54) is 0 Å². The minimum atomic E-state index is -0.263. The molecule has 1 aliphatic heterocycles. The molecule has 1 aromatic carbocycles. The summed E-state index contributed by atoms with van der Waals surface area (Å²) in [5.74, 6) is 0.991. The van der Waals surface area contributed by atoms with Crippen LogP contribution in [0.4, 0.5) is 0 Å². The zero-order valence-corrected chi connectivity index (χ0v) is 9.03. The number of rotatable bonds is 0. The van der Waals surface area contributed by atoms with Gasteiger partial charge in [0.25, 0.3) is 0 Å². The first-order valence-corrected chi connectivity index (χ1v) is 5.36. The largest absolute Gasteiger partial charge is 0.391 e. The van der Waals surface area contributed by atoms with Crippen molar-refractivity contribution in [1.29, 1.82) is 0 Å². The van der Waals surface area contributed by atoms with Crippen LogP contribution in [0.3, 0.4) is 0 Å². The molecule has 1 atom stereocenters. The third-order valence-corrected chi connectivity index (χ3v) is 3.09. The van der Waals surface area contributed by atoms with Crippen molar-refractivity contribution in [2.45, 2.75) is 19.1 Å². The standard InChI is InChI=1S/C10H9BrN2O/c11-6-1-2-8-9(3-6)13-5-7(14)4-10(13)12-8/h1-3,7,14H,4-5H2. The van der Waals surface area contributed by atoms with Crippen molar-refractivity contribution in [2.75, 3.05) is 0 Å². The van der Waals surface area contributed by atoms with Gasteiger partial charge in [0, 0.05) is 10.9 Å². The minimum Gasteiger partial charge on any atom is -0.391 e. The van der Waals surface area contributed by atoms with E-state index in [1.807, 2.05) is 18.2 Å². The number of hydrogen-bond donors (Lipinski definition) is 1.